The minimum Gasteiger partial charge on any atom is -0.544 e. The minimum absolute atomic E-state index is 0.00538. The summed E-state index contributed by atoms with van der Waals surface area (Å²) in [5.41, 5.74) is 0. The van der Waals surface area contributed by atoms with Gasteiger partial charge in [0.1, 0.15) is 12.6 Å². The molecule has 8 nitrogen and oxygen atoms in total. The quantitative estimate of drug-likeness (QED) is 0.0202. The molecule has 59 heavy (non-hydrogen) atoms. The number of rotatable bonds is 37. The highest BCUT2D eigenvalue weighted by atomic mass is 16.6. The summed E-state index contributed by atoms with van der Waals surface area (Å²) < 4.78 is 17.1. The van der Waals surface area contributed by atoms with Crippen LogP contribution in [0.2, 0.25) is 0 Å². The Labute approximate surface area is 359 Å². The van der Waals surface area contributed by atoms with E-state index < -0.39 is 18.1 Å². The summed E-state index contributed by atoms with van der Waals surface area (Å²) in [5.74, 6) is -1.84. The molecule has 0 radical (unpaired) electrons. The molecule has 0 amide bonds. The van der Waals surface area contributed by atoms with Crippen molar-refractivity contribution in [2.45, 2.75) is 142 Å². The van der Waals surface area contributed by atoms with Crippen molar-refractivity contribution in [2.75, 3.05) is 41.0 Å². The maximum Gasteiger partial charge on any atom is 0.306 e. The lowest BCUT2D eigenvalue weighted by molar-refractivity contribution is -0.889. The number of carboxylic acids is 1. The van der Waals surface area contributed by atoms with Crippen LogP contribution in [-0.4, -0.2) is 75.5 Å². The number of nitrogens with zero attached hydrogens (tertiary/aromatic N) is 1. The highest BCUT2D eigenvalue weighted by Crippen LogP contribution is 2.11. The highest BCUT2D eigenvalue weighted by Gasteiger charge is 2.25. The largest absolute Gasteiger partial charge is 0.544 e. The van der Waals surface area contributed by atoms with Crippen LogP contribution in [0.15, 0.2) is 122 Å². The second kappa shape index (κ2) is 40.5. The Hall–Kier alpha value is -4.27. The van der Waals surface area contributed by atoms with Gasteiger partial charge in [-0.25, -0.2) is 0 Å². The highest BCUT2D eigenvalue weighted by molar-refractivity contribution is 5.70. The summed E-state index contributed by atoms with van der Waals surface area (Å²) in [5, 5.41) is 11.6. The van der Waals surface area contributed by atoms with Gasteiger partial charge in [0.25, 0.3) is 0 Å². The van der Waals surface area contributed by atoms with E-state index in [1.807, 2.05) is 48.6 Å². The average molecular weight is 818 g/mol. The molecule has 0 saturated carbocycles. The molecule has 0 N–H and O–H groups in total. The van der Waals surface area contributed by atoms with Gasteiger partial charge in [0.05, 0.1) is 40.3 Å². The van der Waals surface area contributed by atoms with E-state index in [2.05, 4.69) is 86.8 Å². The number of esters is 2. The predicted octanol–water partition coefficient (Wildman–Crippen LogP) is 10.9. The molecule has 0 bridgehead atoms. The number of carboxylic acid groups (broad SMARTS) is 1. The molecule has 8 heteroatoms. The Kier molecular flexibility index (Phi) is 37.6. The van der Waals surface area contributed by atoms with Gasteiger partial charge in [-0.1, -0.05) is 155 Å². The van der Waals surface area contributed by atoms with Crippen LogP contribution in [0.5, 0.6) is 0 Å². The lowest BCUT2D eigenvalue weighted by Crippen LogP contribution is -2.55. The molecule has 0 aliphatic heterocycles. The van der Waals surface area contributed by atoms with E-state index in [-0.39, 0.29) is 49.1 Å². The van der Waals surface area contributed by atoms with Crippen LogP contribution in [0.25, 0.3) is 0 Å². The van der Waals surface area contributed by atoms with Gasteiger partial charge >= 0.3 is 11.9 Å². The molecule has 330 valence electrons. The number of carbonyl (C=O) groups excluding carboxylic acids is 3. The van der Waals surface area contributed by atoms with Crippen molar-refractivity contribution in [3.63, 3.8) is 0 Å². The van der Waals surface area contributed by atoms with Crippen LogP contribution >= 0.6 is 0 Å². The van der Waals surface area contributed by atoms with Crippen molar-refractivity contribution >= 4 is 17.9 Å². The van der Waals surface area contributed by atoms with Crippen molar-refractivity contribution in [2.24, 2.45) is 0 Å². The molecule has 0 aliphatic rings. The molecule has 0 rings (SSSR count). The lowest BCUT2D eigenvalue weighted by atomic mass is 10.1. The number of carbonyl (C=O) groups is 3. The van der Waals surface area contributed by atoms with Gasteiger partial charge in [-0.3, -0.25) is 9.59 Å². The number of hydrogen-bond acceptors (Lipinski definition) is 7. The molecule has 0 aromatic heterocycles. The third-order valence-corrected chi connectivity index (χ3v) is 8.97. The number of ether oxygens (including phenoxy) is 3. The Morgan fingerprint density at radius 3 is 1.53 bits per heavy atom. The summed E-state index contributed by atoms with van der Waals surface area (Å²) >= 11 is 0. The van der Waals surface area contributed by atoms with Crippen LogP contribution in [0.3, 0.4) is 0 Å². The number of hydrogen-bond donors (Lipinski definition) is 0. The predicted molar refractivity (Wildman–Crippen MR) is 244 cm³/mol. The SMILES string of the molecule is CC/C=C/C=C/C=C/C=C/C=C/CCCCCC(=O)OC(COCCC(C(=O)[O-])[N+](C)(C)C)COC(=O)CCCCCC/C=C/C/C=C/C/C=C/C/C=C/C/C=C/CC. The number of quaternary nitrogens is 1. The van der Waals surface area contributed by atoms with Gasteiger partial charge in [0.2, 0.25) is 0 Å². The molecule has 0 aliphatic carbocycles. The molecule has 0 heterocycles. The standard InChI is InChI=1S/C51H79NO7/c1-6-8-10-12-14-16-18-20-22-23-24-25-26-28-29-31-33-35-37-39-41-49(53)58-46-47(45-57-44-43-48(51(55)56)52(3,4)5)59-50(54)42-40-38-36-34-32-30-27-21-19-17-15-13-11-9-7-2/h8-11,13-17,19-22,24-25,27-30,32,47-48H,6-7,12,18,23,26,31,33-46H2,1-5H3/b10-8+,11-9+,15-13+,16-14+,19-17+,22-20+,25-24+,27-21+,29-28+,32-30+. The van der Waals surface area contributed by atoms with E-state index in [1.165, 1.54) is 0 Å². The fourth-order valence-corrected chi connectivity index (χ4v) is 5.59. The summed E-state index contributed by atoms with van der Waals surface area (Å²) in [6, 6.07) is -0.746. The molecule has 0 spiro atoms. The van der Waals surface area contributed by atoms with Gasteiger partial charge in [-0.15, -0.1) is 0 Å². The minimum atomic E-state index is -1.14. The van der Waals surface area contributed by atoms with Crippen LogP contribution < -0.4 is 5.11 Å². The van der Waals surface area contributed by atoms with Crippen molar-refractivity contribution in [1.82, 2.24) is 0 Å². The smallest absolute Gasteiger partial charge is 0.306 e. The van der Waals surface area contributed by atoms with Crippen LogP contribution in [0.1, 0.15) is 129 Å². The van der Waals surface area contributed by atoms with Gasteiger partial charge in [-0.05, 0) is 77.0 Å². The molecule has 0 saturated heterocycles. The normalized spacial score (nSPS) is 14.1. The monoisotopic (exact) mass is 818 g/mol. The fourth-order valence-electron chi connectivity index (χ4n) is 5.59. The summed E-state index contributed by atoms with van der Waals surface area (Å²) in [7, 11) is 5.36. The van der Waals surface area contributed by atoms with Gasteiger partial charge < -0.3 is 28.6 Å². The maximum absolute atomic E-state index is 12.7. The van der Waals surface area contributed by atoms with E-state index in [0.29, 0.717) is 12.8 Å². The lowest BCUT2D eigenvalue weighted by Gasteiger charge is -2.34. The Balaban J connectivity index is 4.48. The summed E-state index contributed by atoms with van der Waals surface area (Å²) in [4.78, 5) is 36.9. The summed E-state index contributed by atoms with van der Waals surface area (Å²) in [6.07, 6.45) is 56.5. The zero-order valence-corrected chi connectivity index (χ0v) is 37.4. The second-order valence-corrected chi connectivity index (χ2v) is 15.3. The Morgan fingerprint density at radius 2 is 0.983 bits per heavy atom. The second-order valence-electron chi connectivity index (χ2n) is 15.3. The maximum atomic E-state index is 12.7. The number of allylic oxidation sites excluding steroid dienone is 20. The zero-order valence-electron chi connectivity index (χ0n) is 37.4. The van der Waals surface area contributed by atoms with Crippen molar-refractivity contribution in [1.29, 1.82) is 0 Å². The molecule has 0 fully saturated rings. The van der Waals surface area contributed by atoms with E-state index in [4.69, 9.17) is 14.2 Å². The first-order valence-corrected chi connectivity index (χ1v) is 22.1. The third-order valence-electron chi connectivity index (χ3n) is 8.97. The molecule has 0 aromatic carbocycles. The molecule has 2 atom stereocenters. The molecule has 2 unspecified atom stereocenters. The number of unbranched alkanes of at least 4 members (excludes halogenated alkanes) is 7. The van der Waals surface area contributed by atoms with E-state index in [9.17, 15) is 19.5 Å². The Morgan fingerprint density at radius 1 is 0.525 bits per heavy atom. The van der Waals surface area contributed by atoms with Crippen LogP contribution in [-0.2, 0) is 28.6 Å². The van der Waals surface area contributed by atoms with Gasteiger partial charge in [-0.2, -0.15) is 0 Å². The first kappa shape index (κ1) is 54.7. The van der Waals surface area contributed by atoms with Gasteiger partial charge in [0, 0.05) is 19.3 Å². The summed E-state index contributed by atoms with van der Waals surface area (Å²) in [6.45, 7) is 4.30. The molecular formula is C51H79NO7. The first-order valence-electron chi connectivity index (χ1n) is 22.1. The van der Waals surface area contributed by atoms with Crippen molar-refractivity contribution in [3.8, 4) is 0 Å². The van der Waals surface area contributed by atoms with E-state index >= 15 is 0 Å². The first-order chi connectivity index (χ1) is 28.6. The Bertz CT molecular complexity index is 1370. The van der Waals surface area contributed by atoms with E-state index in [1.54, 1.807) is 21.1 Å². The van der Waals surface area contributed by atoms with Crippen molar-refractivity contribution in [3.05, 3.63) is 122 Å². The van der Waals surface area contributed by atoms with Crippen LogP contribution in [0, 0.1) is 0 Å². The van der Waals surface area contributed by atoms with Gasteiger partial charge in [0.15, 0.2) is 6.10 Å². The van der Waals surface area contributed by atoms with E-state index in [0.717, 1.165) is 89.9 Å². The molecular weight excluding hydrogens is 739 g/mol. The average Bonchev–Trinajstić information content (AvgIpc) is 3.19. The van der Waals surface area contributed by atoms with Crippen LogP contribution in [0.4, 0.5) is 0 Å². The zero-order chi connectivity index (χ0) is 43.5. The number of aliphatic carboxylic acids is 1. The number of likely N-dealkylation sites (N-methyl/N-ethyl adjacent to an activating group) is 1. The van der Waals surface area contributed by atoms with Crippen molar-refractivity contribution < 1.29 is 38.2 Å². The third kappa shape index (κ3) is 39.0. The molecule has 0 aromatic rings. The topological polar surface area (TPSA) is 102 Å². The fraction of sp³-hybridized carbons (Fsp3) is 0.549.